The Morgan fingerprint density at radius 2 is 2.29 bits per heavy atom. The summed E-state index contributed by atoms with van der Waals surface area (Å²) in [6.07, 6.45) is 4.60. The highest BCUT2D eigenvalue weighted by atomic mass is 16.5. The van der Waals surface area contributed by atoms with Crippen molar-refractivity contribution in [2.24, 2.45) is 5.73 Å². The monoisotopic (exact) mass is 242 g/mol. The number of rotatable bonds is 5. The fraction of sp³-hybridized carbons (Fsp3) is 0.923. The largest absolute Gasteiger partial charge is 0.375 e. The van der Waals surface area contributed by atoms with Crippen LogP contribution in [0, 0.1) is 0 Å². The smallest absolute Gasteiger partial charge is 0.237 e. The molecule has 0 aromatic heterocycles. The first-order valence-corrected chi connectivity index (χ1v) is 6.64. The predicted molar refractivity (Wildman–Crippen MR) is 68.7 cm³/mol. The Morgan fingerprint density at radius 1 is 1.59 bits per heavy atom. The van der Waals surface area contributed by atoms with Crippen LogP contribution in [0.3, 0.4) is 0 Å². The van der Waals surface area contributed by atoms with Gasteiger partial charge in [0.25, 0.3) is 0 Å². The Labute approximate surface area is 104 Å². The van der Waals surface area contributed by atoms with Crippen LogP contribution in [-0.4, -0.2) is 30.2 Å². The minimum absolute atomic E-state index is 0.0128. The summed E-state index contributed by atoms with van der Waals surface area (Å²) in [6.45, 7) is 6.93. The molecule has 4 nitrogen and oxygen atoms in total. The van der Waals surface area contributed by atoms with Crippen molar-refractivity contribution in [1.29, 1.82) is 0 Å². The summed E-state index contributed by atoms with van der Waals surface area (Å²) >= 11 is 0. The van der Waals surface area contributed by atoms with Crippen LogP contribution in [0.2, 0.25) is 0 Å². The minimum atomic E-state index is -0.360. The van der Waals surface area contributed by atoms with E-state index in [-0.39, 0.29) is 23.6 Å². The van der Waals surface area contributed by atoms with E-state index < -0.39 is 0 Å². The average Bonchev–Trinajstić information content (AvgIpc) is 2.24. The zero-order valence-corrected chi connectivity index (χ0v) is 11.3. The lowest BCUT2D eigenvalue weighted by molar-refractivity contribution is -0.125. The molecule has 2 atom stereocenters. The highest BCUT2D eigenvalue weighted by Crippen LogP contribution is 2.23. The van der Waals surface area contributed by atoms with Crippen molar-refractivity contribution in [2.75, 3.05) is 6.61 Å². The van der Waals surface area contributed by atoms with Crippen LogP contribution in [0.1, 0.15) is 52.9 Å². The molecule has 1 aliphatic heterocycles. The lowest BCUT2D eigenvalue weighted by Gasteiger charge is -2.36. The Morgan fingerprint density at radius 3 is 2.88 bits per heavy atom. The molecule has 1 amide bonds. The van der Waals surface area contributed by atoms with Gasteiger partial charge in [0.15, 0.2) is 0 Å². The van der Waals surface area contributed by atoms with E-state index in [2.05, 4.69) is 26.1 Å². The maximum absolute atomic E-state index is 11.9. The van der Waals surface area contributed by atoms with Crippen LogP contribution >= 0.6 is 0 Å². The molecule has 0 aromatic rings. The fourth-order valence-electron chi connectivity index (χ4n) is 2.22. The van der Waals surface area contributed by atoms with Crippen LogP contribution in [-0.2, 0) is 9.53 Å². The number of amides is 1. The molecule has 1 rings (SSSR count). The summed E-state index contributed by atoms with van der Waals surface area (Å²) in [5.41, 5.74) is 5.71. The maximum atomic E-state index is 11.9. The number of nitrogens with one attached hydrogen (secondary N) is 1. The molecule has 0 aliphatic carbocycles. The normalized spacial score (nSPS) is 25.3. The van der Waals surface area contributed by atoms with Gasteiger partial charge in [0.2, 0.25) is 5.91 Å². The van der Waals surface area contributed by atoms with Crippen molar-refractivity contribution in [3.63, 3.8) is 0 Å². The third kappa shape index (κ3) is 5.04. The van der Waals surface area contributed by atoms with Gasteiger partial charge in [-0.3, -0.25) is 4.79 Å². The van der Waals surface area contributed by atoms with Crippen LogP contribution in [0.5, 0.6) is 0 Å². The number of ether oxygens (including phenoxy) is 1. The topological polar surface area (TPSA) is 64.4 Å². The van der Waals surface area contributed by atoms with Crippen molar-refractivity contribution < 1.29 is 9.53 Å². The zero-order chi connectivity index (χ0) is 12.9. The van der Waals surface area contributed by atoms with Gasteiger partial charge >= 0.3 is 0 Å². The van der Waals surface area contributed by atoms with Crippen molar-refractivity contribution in [2.45, 2.75) is 70.6 Å². The van der Waals surface area contributed by atoms with Crippen molar-refractivity contribution in [1.82, 2.24) is 5.32 Å². The van der Waals surface area contributed by atoms with Crippen LogP contribution in [0.15, 0.2) is 0 Å². The molecule has 17 heavy (non-hydrogen) atoms. The highest BCUT2D eigenvalue weighted by Gasteiger charge is 2.30. The molecule has 4 heteroatoms. The molecule has 0 radical (unpaired) electrons. The Balaban J connectivity index is 2.35. The Bertz CT molecular complexity index is 254. The molecule has 2 unspecified atom stereocenters. The van der Waals surface area contributed by atoms with Gasteiger partial charge in [0, 0.05) is 12.6 Å². The van der Waals surface area contributed by atoms with Gasteiger partial charge in [-0.2, -0.15) is 0 Å². The molecule has 0 aromatic carbocycles. The molecule has 0 spiro atoms. The fourth-order valence-corrected chi connectivity index (χ4v) is 2.22. The quantitative estimate of drug-likeness (QED) is 0.769. The van der Waals surface area contributed by atoms with Gasteiger partial charge in [-0.15, -0.1) is 0 Å². The first-order chi connectivity index (χ1) is 7.94. The Hall–Kier alpha value is -0.610. The molecular weight excluding hydrogens is 216 g/mol. The van der Waals surface area contributed by atoms with Gasteiger partial charge in [0.05, 0.1) is 11.6 Å². The van der Waals surface area contributed by atoms with E-state index >= 15 is 0 Å². The molecular formula is C13H26N2O2. The van der Waals surface area contributed by atoms with Crippen molar-refractivity contribution in [3.05, 3.63) is 0 Å². The molecule has 3 N–H and O–H groups in total. The van der Waals surface area contributed by atoms with Crippen LogP contribution in [0.25, 0.3) is 0 Å². The summed E-state index contributed by atoms with van der Waals surface area (Å²) in [4.78, 5) is 11.9. The lowest BCUT2D eigenvalue weighted by Crippen LogP contribution is -2.50. The SMILES string of the molecule is CCCCC(N)C(=O)NC1CCOC(C)(C)C1. The summed E-state index contributed by atoms with van der Waals surface area (Å²) in [6, 6.07) is -0.153. The summed E-state index contributed by atoms with van der Waals surface area (Å²) in [5, 5.41) is 3.04. The molecule has 0 bridgehead atoms. The number of carbonyl (C=O) groups excluding carboxylic acids is 1. The first-order valence-electron chi connectivity index (χ1n) is 6.64. The van der Waals surface area contributed by atoms with E-state index in [9.17, 15) is 4.79 Å². The molecule has 100 valence electrons. The second kappa shape index (κ2) is 6.36. The van der Waals surface area contributed by atoms with Crippen LogP contribution in [0.4, 0.5) is 0 Å². The Kier molecular flexibility index (Phi) is 5.40. The van der Waals surface area contributed by atoms with Crippen molar-refractivity contribution in [3.8, 4) is 0 Å². The molecule has 1 saturated heterocycles. The number of hydrogen-bond acceptors (Lipinski definition) is 3. The van der Waals surface area contributed by atoms with E-state index in [1.807, 2.05) is 0 Å². The second-order valence-electron chi connectivity index (χ2n) is 5.56. The number of carbonyl (C=O) groups is 1. The lowest BCUT2D eigenvalue weighted by atomic mass is 9.93. The summed E-state index contributed by atoms with van der Waals surface area (Å²) in [7, 11) is 0. The number of nitrogens with two attached hydrogens (primary N) is 1. The summed E-state index contributed by atoms with van der Waals surface area (Å²) in [5.74, 6) is -0.0128. The van der Waals surface area contributed by atoms with Gasteiger partial charge in [-0.1, -0.05) is 19.8 Å². The second-order valence-corrected chi connectivity index (χ2v) is 5.56. The first kappa shape index (κ1) is 14.5. The third-order valence-corrected chi connectivity index (χ3v) is 3.25. The van der Waals surface area contributed by atoms with Gasteiger partial charge < -0.3 is 15.8 Å². The molecule has 0 saturated carbocycles. The van der Waals surface area contributed by atoms with Gasteiger partial charge in [-0.25, -0.2) is 0 Å². The van der Waals surface area contributed by atoms with E-state index in [1.165, 1.54) is 0 Å². The third-order valence-electron chi connectivity index (χ3n) is 3.25. The van der Waals surface area contributed by atoms with E-state index in [0.29, 0.717) is 6.61 Å². The van der Waals surface area contributed by atoms with E-state index in [0.717, 1.165) is 32.1 Å². The highest BCUT2D eigenvalue weighted by molar-refractivity contribution is 5.81. The standard InChI is InChI=1S/C13H26N2O2/c1-4-5-6-11(14)12(16)15-10-7-8-17-13(2,3)9-10/h10-11H,4-9,14H2,1-3H3,(H,15,16). The maximum Gasteiger partial charge on any atom is 0.237 e. The van der Waals surface area contributed by atoms with Gasteiger partial charge in [-0.05, 0) is 33.1 Å². The number of unbranched alkanes of at least 4 members (excludes halogenated alkanes) is 1. The van der Waals surface area contributed by atoms with Crippen molar-refractivity contribution >= 4 is 5.91 Å². The zero-order valence-electron chi connectivity index (χ0n) is 11.3. The number of hydrogen-bond donors (Lipinski definition) is 2. The van der Waals surface area contributed by atoms with E-state index in [4.69, 9.17) is 10.5 Å². The molecule has 1 aliphatic rings. The predicted octanol–water partition coefficient (Wildman–Crippen LogP) is 1.58. The van der Waals surface area contributed by atoms with Crippen LogP contribution < -0.4 is 11.1 Å². The van der Waals surface area contributed by atoms with Gasteiger partial charge in [0.1, 0.15) is 0 Å². The minimum Gasteiger partial charge on any atom is -0.375 e. The average molecular weight is 242 g/mol. The molecule has 1 fully saturated rings. The van der Waals surface area contributed by atoms with E-state index in [1.54, 1.807) is 0 Å². The summed E-state index contributed by atoms with van der Waals surface area (Å²) < 4.78 is 5.62. The molecule has 1 heterocycles.